The Bertz CT molecular complexity index is 1060. The molecule has 0 fully saturated rings. The molecule has 6 heteroatoms. The average molecular weight is 387 g/mol. The zero-order valence-electron chi connectivity index (χ0n) is 17.2. The van der Waals surface area contributed by atoms with E-state index in [0.29, 0.717) is 5.56 Å². The molecule has 148 valence electrons. The Morgan fingerprint density at radius 1 is 0.966 bits per heavy atom. The molecule has 4 rings (SSSR count). The number of anilines is 1. The minimum absolute atomic E-state index is 0.191. The molecule has 2 N–H and O–H groups in total. The highest BCUT2D eigenvalue weighted by atomic mass is 16.1. The van der Waals surface area contributed by atoms with Gasteiger partial charge in [-0.2, -0.15) is 0 Å². The molecule has 1 heterocycles. The molecule has 6 nitrogen and oxygen atoms in total. The number of amides is 1. The van der Waals surface area contributed by atoms with Crippen molar-refractivity contribution in [3.8, 4) is 0 Å². The molecule has 29 heavy (non-hydrogen) atoms. The Hall–Kier alpha value is -3.28. The number of fused-ring (bicyclic) bond motifs is 1. The van der Waals surface area contributed by atoms with Crippen LogP contribution >= 0.6 is 0 Å². The summed E-state index contributed by atoms with van der Waals surface area (Å²) >= 11 is 0. The van der Waals surface area contributed by atoms with E-state index in [2.05, 4.69) is 84.0 Å². The summed E-state index contributed by atoms with van der Waals surface area (Å²) in [5.74, 6) is -0.0377. The number of carbonyl (C=O) groups excluding carboxylic acids is 1. The van der Waals surface area contributed by atoms with Crippen molar-refractivity contribution >= 4 is 24.0 Å². The van der Waals surface area contributed by atoms with E-state index in [1.54, 1.807) is 12.1 Å². The monoisotopic (exact) mass is 387 g/mol. The Kier molecular flexibility index (Phi) is 4.57. The molecule has 1 aliphatic rings. The Morgan fingerprint density at radius 3 is 2.31 bits per heavy atom. The highest BCUT2D eigenvalue weighted by Gasteiger charge is 2.41. The average Bonchev–Trinajstić information content (AvgIpc) is 3.24. The standard InChI is InChI=1S/C23H25N5O/c1-22(2)14-23(3,4)19-13-16(9-12-18(19)22)6-5-15-7-10-17(11-8-15)20(29)24-21-25-27-28-26-21/h5-13H,14H2,1-4H3,(H2,24,25,26,27,28,29). The molecule has 1 aliphatic carbocycles. The third-order valence-electron chi connectivity index (χ3n) is 5.60. The van der Waals surface area contributed by atoms with E-state index >= 15 is 0 Å². The summed E-state index contributed by atoms with van der Waals surface area (Å²) in [4.78, 5) is 12.2. The van der Waals surface area contributed by atoms with E-state index in [-0.39, 0.29) is 22.7 Å². The summed E-state index contributed by atoms with van der Waals surface area (Å²) in [7, 11) is 0. The number of H-pyrrole nitrogens is 1. The zero-order valence-corrected chi connectivity index (χ0v) is 17.2. The van der Waals surface area contributed by atoms with E-state index in [4.69, 9.17) is 0 Å². The Balaban J connectivity index is 1.49. The zero-order chi connectivity index (χ0) is 20.6. The van der Waals surface area contributed by atoms with Crippen molar-refractivity contribution in [3.63, 3.8) is 0 Å². The number of aromatic amines is 1. The van der Waals surface area contributed by atoms with Crippen LogP contribution in [0, 0.1) is 0 Å². The minimum Gasteiger partial charge on any atom is -0.289 e. The van der Waals surface area contributed by atoms with Gasteiger partial charge in [-0.25, -0.2) is 5.10 Å². The van der Waals surface area contributed by atoms with E-state index in [0.717, 1.165) is 12.0 Å². The first-order valence-electron chi connectivity index (χ1n) is 9.73. The van der Waals surface area contributed by atoms with Gasteiger partial charge in [0.25, 0.3) is 5.91 Å². The van der Waals surface area contributed by atoms with Crippen molar-refractivity contribution in [2.24, 2.45) is 0 Å². The molecule has 2 aromatic carbocycles. The highest BCUT2D eigenvalue weighted by Crippen LogP contribution is 2.49. The molecule has 0 saturated heterocycles. The number of benzene rings is 2. The summed E-state index contributed by atoms with van der Waals surface area (Å²) in [6, 6.07) is 14.2. The molecular formula is C23H25N5O. The van der Waals surface area contributed by atoms with Crippen LogP contribution in [0.1, 0.15) is 66.7 Å². The van der Waals surface area contributed by atoms with Gasteiger partial charge in [0.05, 0.1) is 0 Å². The molecular weight excluding hydrogens is 362 g/mol. The number of tetrazole rings is 1. The van der Waals surface area contributed by atoms with Crippen molar-refractivity contribution in [3.05, 3.63) is 70.3 Å². The third kappa shape index (κ3) is 3.83. The summed E-state index contributed by atoms with van der Waals surface area (Å²) in [6.45, 7) is 9.30. The second kappa shape index (κ2) is 6.95. The predicted octanol–water partition coefficient (Wildman–Crippen LogP) is 4.58. The van der Waals surface area contributed by atoms with E-state index in [1.165, 1.54) is 16.7 Å². The van der Waals surface area contributed by atoms with Gasteiger partial charge >= 0.3 is 0 Å². The highest BCUT2D eigenvalue weighted by molar-refractivity contribution is 6.03. The van der Waals surface area contributed by atoms with E-state index in [9.17, 15) is 4.79 Å². The largest absolute Gasteiger partial charge is 0.289 e. The molecule has 0 unspecified atom stereocenters. The lowest BCUT2D eigenvalue weighted by atomic mass is 9.82. The normalized spacial score (nSPS) is 16.7. The van der Waals surface area contributed by atoms with Crippen LogP contribution in [-0.4, -0.2) is 26.5 Å². The summed E-state index contributed by atoms with van der Waals surface area (Å²) in [5, 5.41) is 15.6. The van der Waals surface area contributed by atoms with Gasteiger partial charge in [-0.1, -0.05) is 75.3 Å². The van der Waals surface area contributed by atoms with Crippen LogP contribution in [0.3, 0.4) is 0 Å². The fourth-order valence-electron chi connectivity index (χ4n) is 4.44. The second-order valence-electron chi connectivity index (χ2n) is 8.91. The Labute approximate surface area is 170 Å². The van der Waals surface area contributed by atoms with Crippen LogP contribution in [0.5, 0.6) is 0 Å². The fourth-order valence-corrected chi connectivity index (χ4v) is 4.44. The molecule has 0 radical (unpaired) electrons. The summed E-state index contributed by atoms with van der Waals surface area (Å²) in [6.07, 6.45) is 5.35. The first-order valence-corrected chi connectivity index (χ1v) is 9.73. The first kappa shape index (κ1) is 19.1. The van der Waals surface area contributed by atoms with Crippen LogP contribution in [-0.2, 0) is 10.8 Å². The topological polar surface area (TPSA) is 83.6 Å². The smallest absolute Gasteiger partial charge is 0.258 e. The number of aromatic nitrogens is 4. The molecule has 0 saturated carbocycles. The van der Waals surface area contributed by atoms with Gasteiger partial charge in [-0.15, -0.1) is 0 Å². The van der Waals surface area contributed by atoms with Gasteiger partial charge in [0.15, 0.2) is 0 Å². The molecule has 3 aromatic rings. The molecule has 0 aliphatic heterocycles. The van der Waals surface area contributed by atoms with Crippen molar-refractivity contribution in [2.75, 3.05) is 5.32 Å². The van der Waals surface area contributed by atoms with Crippen LogP contribution in [0.15, 0.2) is 42.5 Å². The van der Waals surface area contributed by atoms with E-state index in [1.807, 2.05) is 12.1 Å². The van der Waals surface area contributed by atoms with Crippen LogP contribution in [0.2, 0.25) is 0 Å². The summed E-state index contributed by atoms with van der Waals surface area (Å²) < 4.78 is 0. The SMILES string of the molecule is CC1(C)CC(C)(C)c2cc(C=Cc3ccc(C(=O)Nc4nnn[nH]4)cc3)ccc21. The lowest BCUT2D eigenvalue weighted by Gasteiger charge is -2.22. The van der Waals surface area contributed by atoms with Crippen molar-refractivity contribution in [2.45, 2.75) is 44.9 Å². The molecule has 0 atom stereocenters. The maximum Gasteiger partial charge on any atom is 0.258 e. The second-order valence-corrected chi connectivity index (χ2v) is 8.91. The van der Waals surface area contributed by atoms with Gasteiger partial charge in [0.2, 0.25) is 5.95 Å². The first-order chi connectivity index (χ1) is 13.7. The quantitative estimate of drug-likeness (QED) is 0.642. The number of nitrogens with zero attached hydrogens (tertiary/aromatic N) is 3. The number of carbonyl (C=O) groups is 1. The maximum absolute atomic E-state index is 12.2. The number of hydrogen-bond donors (Lipinski definition) is 2. The predicted molar refractivity (Wildman–Crippen MR) is 115 cm³/mol. The molecule has 1 aromatic heterocycles. The molecule has 0 bridgehead atoms. The molecule has 0 spiro atoms. The molecule has 1 amide bonds. The number of hydrogen-bond acceptors (Lipinski definition) is 4. The van der Waals surface area contributed by atoms with Crippen LogP contribution < -0.4 is 5.32 Å². The maximum atomic E-state index is 12.2. The van der Waals surface area contributed by atoms with Gasteiger partial charge in [0.1, 0.15) is 0 Å². The van der Waals surface area contributed by atoms with Gasteiger partial charge in [0, 0.05) is 5.56 Å². The van der Waals surface area contributed by atoms with Crippen molar-refractivity contribution in [1.29, 1.82) is 0 Å². The number of nitrogens with one attached hydrogen (secondary N) is 2. The number of rotatable bonds is 4. The van der Waals surface area contributed by atoms with Crippen LogP contribution in [0.4, 0.5) is 5.95 Å². The third-order valence-corrected chi connectivity index (χ3v) is 5.60. The van der Waals surface area contributed by atoms with Crippen molar-refractivity contribution in [1.82, 2.24) is 20.6 Å². The lowest BCUT2D eigenvalue weighted by Crippen LogP contribution is -2.17. The van der Waals surface area contributed by atoms with Crippen LogP contribution in [0.25, 0.3) is 12.2 Å². The lowest BCUT2D eigenvalue weighted by molar-refractivity contribution is 0.102. The summed E-state index contributed by atoms with van der Waals surface area (Å²) in [5.41, 5.74) is 6.07. The van der Waals surface area contributed by atoms with E-state index < -0.39 is 0 Å². The van der Waals surface area contributed by atoms with Gasteiger partial charge < -0.3 is 0 Å². The van der Waals surface area contributed by atoms with Crippen molar-refractivity contribution < 1.29 is 4.79 Å². The van der Waals surface area contributed by atoms with Gasteiger partial charge in [-0.3, -0.25) is 10.1 Å². The fraction of sp³-hybridized carbons (Fsp3) is 0.304. The Morgan fingerprint density at radius 2 is 1.62 bits per heavy atom. The minimum atomic E-state index is -0.262. The van der Waals surface area contributed by atoms with Gasteiger partial charge in [-0.05, 0) is 62.1 Å².